The van der Waals surface area contributed by atoms with Gasteiger partial charge in [0.1, 0.15) is 5.78 Å². The van der Waals surface area contributed by atoms with E-state index in [1.807, 2.05) is 0 Å². The van der Waals surface area contributed by atoms with Crippen molar-refractivity contribution in [2.45, 2.75) is 71.5 Å². The Morgan fingerprint density at radius 1 is 1.20 bits per heavy atom. The molecule has 4 aliphatic carbocycles. The average molecular weight is 346 g/mol. The van der Waals surface area contributed by atoms with Crippen LogP contribution in [-0.4, -0.2) is 34.0 Å². The van der Waals surface area contributed by atoms with E-state index in [9.17, 15) is 19.8 Å². The minimum Gasteiger partial charge on any atom is -0.393 e. The maximum absolute atomic E-state index is 12.2. The molecular formula is C21H30O4. The zero-order chi connectivity index (χ0) is 18.1. The van der Waals surface area contributed by atoms with Crippen molar-refractivity contribution in [3.8, 4) is 0 Å². The van der Waals surface area contributed by atoms with Crippen LogP contribution in [0.25, 0.3) is 0 Å². The van der Waals surface area contributed by atoms with Crippen molar-refractivity contribution in [3.05, 3.63) is 11.6 Å². The predicted octanol–water partition coefficient (Wildman–Crippen LogP) is 2.67. The molecule has 3 fully saturated rings. The van der Waals surface area contributed by atoms with E-state index in [0.29, 0.717) is 25.2 Å². The summed E-state index contributed by atoms with van der Waals surface area (Å²) < 4.78 is 0. The number of hydrogen-bond acceptors (Lipinski definition) is 4. The lowest BCUT2D eigenvalue weighted by atomic mass is 9.46. The van der Waals surface area contributed by atoms with Gasteiger partial charge in [-0.1, -0.05) is 13.8 Å². The van der Waals surface area contributed by atoms with E-state index < -0.39 is 12.2 Å². The third-order valence-corrected chi connectivity index (χ3v) is 8.45. The standard InChI is InChI=1S/C21H30O4/c1-11(22)15-10-18(25)19-13-9-17(24)16-8-12(23)4-6-20(16,2)14(13)5-7-21(15,19)3/h8,13-15,17-19,24-25H,4-7,9-10H2,1-3H3/t13?,14?,15-,17-,18-,19?,20-,21-/m1/s1. The summed E-state index contributed by atoms with van der Waals surface area (Å²) in [6.45, 7) is 6.04. The van der Waals surface area contributed by atoms with Gasteiger partial charge in [0.25, 0.3) is 0 Å². The van der Waals surface area contributed by atoms with Gasteiger partial charge in [-0.15, -0.1) is 0 Å². The largest absolute Gasteiger partial charge is 0.393 e. The monoisotopic (exact) mass is 346 g/mol. The zero-order valence-electron chi connectivity index (χ0n) is 15.5. The van der Waals surface area contributed by atoms with Crippen molar-refractivity contribution in [2.24, 2.45) is 34.5 Å². The van der Waals surface area contributed by atoms with Gasteiger partial charge in [0, 0.05) is 12.3 Å². The molecular weight excluding hydrogens is 316 g/mol. The number of ketones is 2. The van der Waals surface area contributed by atoms with Crippen LogP contribution in [-0.2, 0) is 9.59 Å². The summed E-state index contributed by atoms with van der Waals surface area (Å²) in [4.78, 5) is 24.1. The molecule has 0 bridgehead atoms. The van der Waals surface area contributed by atoms with Crippen molar-refractivity contribution in [2.75, 3.05) is 0 Å². The lowest BCUT2D eigenvalue weighted by molar-refractivity contribution is -0.132. The molecule has 0 aromatic rings. The van der Waals surface area contributed by atoms with E-state index in [0.717, 1.165) is 24.8 Å². The fourth-order valence-corrected chi connectivity index (χ4v) is 7.31. The van der Waals surface area contributed by atoms with Crippen LogP contribution in [0.2, 0.25) is 0 Å². The number of fused-ring (bicyclic) bond motifs is 5. The van der Waals surface area contributed by atoms with Crippen molar-refractivity contribution in [1.82, 2.24) is 0 Å². The van der Waals surface area contributed by atoms with Crippen molar-refractivity contribution in [3.63, 3.8) is 0 Å². The molecule has 8 atom stereocenters. The summed E-state index contributed by atoms with van der Waals surface area (Å²) in [7, 11) is 0. The first-order valence-corrected chi connectivity index (χ1v) is 9.80. The molecule has 4 heteroatoms. The zero-order valence-corrected chi connectivity index (χ0v) is 15.5. The molecule has 4 rings (SSSR count). The summed E-state index contributed by atoms with van der Waals surface area (Å²) in [5.74, 6) is 0.934. The number of carbonyl (C=O) groups excluding carboxylic acids is 2. The van der Waals surface area contributed by atoms with Crippen LogP contribution < -0.4 is 0 Å². The fraction of sp³-hybridized carbons (Fsp3) is 0.810. The SMILES string of the molecule is CC(=O)[C@H]1C[C@@H](O)C2C3C[C@@H](O)C4=CC(=O)CC[C@]4(C)C3CC[C@@]21C. The van der Waals surface area contributed by atoms with E-state index in [1.165, 1.54) is 0 Å². The topological polar surface area (TPSA) is 74.6 Å². The Bertz CT molecular complexity index is 652. The summed E-state index contributed by atoms with van der Waals surface area (Å²) in [6.07, 6.45) is 5.13. The molecule has 3 saturated carbocycles. The molecule has 0 saturated heterocycles. The lowest BCUT2D eigenvalue weighted by Crippen LogP contribution is -2.55. The molecule has 25 heavy (non-hydrogen) atoms. The second-order valence-electron chi connectivity index (χ2n) is 9.54. The van der Waals surface area contributed by atoms with Gasteiger partial charge in [-0.3, -0.25) is 9.59 Å². The van der Waals surface area contributed by atoms with Crippen LogP contribution in [0, 0.1) is 34.5 Å². The summed E-state index contributed by atoms with van der Waals surface area (Å²) in [5, 5.41) is 21.7. The van der Waals surface area contributed by atoms with Gasteiger partial charge in [0.15, 0.2) is 5.78 Å². The summed E-state index contributed by atoms with van der Waals surface area (Å²) >= 11 is 0. The Labute approximate surface area is 149 Å². The van der Waals surface area contributed by atoms with E-state index in [1.54, 1.807) is 13.0 Å². The van der Waals surface area contributed by atoms with Gasteiger partial charge in [0.2, 0.25) is 0 Å². The second-order valence-corrected chi connectivity index (χ2v) is 9.54. The van der Waals surface area contributed by atoms with Crippen LogP contribution in [0.5, 0.6) is 0 Å². The van der Waals surface area contributed by atoms with Gasteiger partial charge >= 0.3 is 0 Å². The molecule has 3 unspecified atom stereocenters. The Morgan fingerprint density at radius 3 is 2.60 bits per heavy atom. The number of carbonyl (C=O) groups is 2. The van der Waals surface area contributed by atoms with Crippen LogP contribution in [0.4, 0.5) is 0 Å². The van der Waals surface area contributed by atoms with Gasteiger partial charge in [-0.2, -0.15) is 0 Å². The molecule has 0 spiro atoms. The van der Waals surface area contributed by atoms with Crippen LogP contribution in [0.15, 0.2) is 11.6 Å². The molecule has 4 nitrogen and oxygen atoms in total. The maximum Gasteiger partial charge on any atom is 0.155 e. The normalized spacial score (nSPS) is 52.0. The summed E-state index contributed by atoms with van der Waals surface area (Å²) in [6, 6.07) is 0. The Balaban J connectivity index is 1.74. The van der Waals surface area contributed by atoms with E-state index >= 15 is 0 Å². The molecule has 0 aliphatic heterocycles. The first-order valence-electron chi connectivity index (χ1n) is 9.80. The van der Waals surface area contributed by atoms with Crippen LogP contribution in [0.3, 0.4) is 0 Å². The molecule has 0 heterocycles. The highest BCUT2D eigenvalue weighted by molar-refractivity contribution is 5.91. The number of hydrogen-bond donors (Lipinski definition) is 2. The molecule has 138 valence electrons. The van der Waals surface area contributed by atoms with Gasteiger partial charge in [-0.25, -0.2) is 0 Å². The molecule has 0 aromatic carbocycles. The smallest absolute Gasteiger partial charge is 0.155 e. The third kappa shape index (κ3) is 2.26. The second kappa shape index (κ2) is 5.50. The molecule has 0 radical (unpaired) electrons. The van der Waals surface area contributed by atoms with Gasteiger partial charge in [0.05, 0.1) is 12.2 Å². The van der Waals surface area contributed by atoms with Gasteiger partial charge in [-0.05, 0) is 79.3 Å². The first kappa shape index (κ1) is 17.4. The number of aliphatic hydroxyl groups is 2. The highest BCUT2D eigenvalue weighted by Gasteiger charge is 2.63. The summed E-state index contributed by atoms with van der Waals surface area (Å²) in [5.41, 5.74) is 0.615. The molecule has 0 amide bonds. The predicted molar refractivity (Wildman–Crippen MR) is 93.7 cm³/mol. The number of Topliss-reactive ketones (excluding diaryl/α,β-unsaturated/α-hetero) is 1. The Morgan fingerprint density at radius 2 is 1.92 bits per heavy atom. The molecule has 4 aliphatic rings. The molecule has 2 N–H and O–H groups in total. The van der Waals surface area contributed by atoms with Crippen molar-refractivity contribution < 1.29 is 19.8 Å². The minimum atomic E-state index is -0.596. The van der Waals surface area contributed by atoms with E-state index in [-0.39, 0.29) is 40.2 Å². The Hall–Kier alpha value is -1.00. The van der Waals surface area contributed by atoms with Crippen molar-refractivity contribution in [1.29, 1.82) is 0 Å². The quantitative estimate of drug-likeness (QED) is 0.765. The lowest BCUT2D eigenvalue weighted by Gasteiger charge is -2.59. The van der Waals surface area contributed by atoms with E-state index in [4.69, 9.17) is 0 Å². The highest BCUT2D eigenvalue weighted by atomic mass is 16.3. The highest BCUT2D eigenvalue weighted by Crippen LogP contribution is 2.66. The fourth-order valence-electron chi connectivity index (χ4n) is 7.31. The van der Waals surface area contributed by atoms with E-state index in [2.05, 4.69) is 13.8 Å². The maximum atomic E-state index is 12.2. The average Bonchev–Trinajstić information content (AvgIpc) is 2.81. The minimum absolute atomic E-state index is 0.0664. The van der Waals surface area contributed by atoms with Crippen LogP contribution >= 0.6 is 0 Å². The molecule has 0 aromatic heterocycles. The Kier molecular flexibility index (Phi) is 3.83. The first-order chi connectivity index (χ1) is 11.7. The number of rotatable bonds is 1. The third-order valence-electron chi connectivity index (χ3n) is 8.45. The van der Waals surface area contributed by atoms with Crippen molar-refractivity contribution >= 4 is 11.6 Å². The van der Waals surface area contributed by atoms with Crippen LogP contribution in [0.1, 0.15) is 59.3 Å². The number of aliphatic hydroxyl groups excluding tert-OH is 2. The van der Waals surface area contributed by atoms with Gasteiger partial charge < -0.3 is 10.2 Å².